The van der Waals surface area contributed by atoms with Gasteiger partial charge in [-0.2, -0.15) is 0 Å². The van der Waals surface area contributed by atoms with Crippen LogP contribution in [0.5, 0.6) is 11.5 Å². The van der Waals surface area contributed by atoms with Gasteiger partial charge in [-0.25, -0.2) is 0 Å². The van der Waals surface area contributed by atoms with E-state index in [-0.39, 0.29) is 0 Å². The van der Waals surface area contributed by atoms with Crippen LogP contribution in [0, 0.1) is 4.37 Å². The van der Waals surface area contributed by atoms with Crippen LogP contribution in [0.4, 0.5) is 0 Å². The molecule has 7 rings (SSSR count). The van der Waals surface area contributed by atoms with Crippen LogP contribution in [-0.2, 0) is 22.7 Å². The fraction of sp³-hybridized carbons (Fsp3) is 0.140. The summed E-state index contributed by atoms with van der Waals surface area (Å²) in [5, 5.41) is 7.16. The first-order valence-electron chi connectivity index (χ1n) is 16.4. The first-order chi connectivity index (χ1) is 24.6. The Morgan fingerprint density at radius 1 is 0.740 bits per heavy atom. The van der Waals surface area contributed by atoms with Crippen LogP contribution in [0.15, 0.2) is 138 Å². The molecule has 1 aliphatic rings. The second-order valence-electron chi connectivity index (χ2n) is 11.8. The van der Waals surface area contributed by atoms with Crippen LogP contribution < -0.4 is 25.4 Å². The molecular weight excluding hydrogens is 850 g/mol. The van der Waals surface area contributed by atoms with E-state index in [9.17, 15) is 0 Å². The summed E-state index contributed by atoms with van der Waals surface area (Å²) in [5.74, 6) is 1.76. The number of ether oxygens (including phenoxy) is 3. The molecule has 1 fully saturated rings. The number of rotatable bonds is 9. The number of methoxy groups -OCH3 is 2. The molecule has 0 aliphatic carbocycles. The summed E-state index contributed by atoms with van der Waals surface area (Å²) in [7, 11) is 1.06. The van der Waals surface area contributed by atoms with E-state index < -0.39 is 7.26 Å². The van der Waals surface area contributed by atoms with E-state index in [0.29, 0.717) is 13.2 Å². The van der Waals surface area contributed by atoms with Gasteiger partial charge in [-0.3, -0.25) is 0 Å². The van der Waals surface area contributed by atoms with Crippen molar-refractivity contribution in [3.63, 3.8) is 0 Å². The van der Waals surface area contributed by atoms with Crippen LogP contribution in [0.3, 0.4) is 0 Å². The van der Waals surface area contributed by atoms with E-state index >= 15 is 0 Å². The van der Waals surface area contributed by atoms with Gasteiger partial charge >= 0.3 is 308 Å². The van der Waals surface area contributed by atoms with Gasteiger partial charge in [0.1, 0.15) is 0 Å². The Hall–Kier alpha value is -3.83. The number of hydrogen-bond donors (Lipinski definition) is 0. The van der Waals surface area contributed by atoms with Crippen molar-refractivity contribution in [3.05, 3.63) is 148 Å². The zero-order valence-electron chi connectivity index (χ0n) is 28.4. The van der Waals surface area contributed by atoms with Crippen molar-refractivity contribution in [1.82, 2.24) is 0 Å². The average molecular weight is 887 g/mol. The summed E-state index contributed by atoms with van der Waals surface area (Å²) in [4.78, 5) is 2.31. The molecule has 251 valence electrons. The van der Waals surface area contributed by atoms with Gasteiger partial charge in [0, 0.05) is 0 Å². The number of thiophene rings is 2. The molecule has 50 heavy (non-hydrogen) atoms. The maximum atomic E-state index is 6.22. The molecule has 0 bridgehead atoms. The molecule has 1 saturated heterocycles. The van der Waals surface area contributed by atoms with Gasteiger partial charge in [0.05, 0.1) is 0 Å². The van der Waals surface area contributed by atoms with Gasteiger partial charge in [0.2, 0.25) is 0 Å². The minimum absolute atomic E-state index is 0.566. The molecule has 0 amide bonds. The molecule has 0 unspecified atom stereocenters. The Morgan fingerprint density at radius 3 is 1.76 bits per heavy atom. The quantitative estimate of drug-likeness (QED) is 0.135. The molecule has 0 N–H and O–H groups in total. The first kappa shape index (κ1) is 34.6. The fourth-order valence-corrected chi connectivity index (χ4v) is 15.1. The van der Waals surface area contributed by atoms with E-state index in [1.807, 2.05) is 24.9 Å². The van der Waals surface area contributed by atoms with Gasteiger partial charge < -0.3 is 0 Å². The van der Waals surface area contributed by atoms with E-state index in [1.165, 1.54) is 37.3 Å². The molecular formula is C43H37O3OsPS2+. The summed E-state index contributed by atoms with van der Waals surface area (Å²) in [6.07, 6.45) is 8.76. The zero-order valence-corrected chi connectivity index (χ0v) is 33.4. The predicted octanol–water partition coefficient (Wildman–Crippen LogP) is 10.3. The molecule has 0 spiro atoms. The maximum absolute atomic E-state index is 6.22. The third-order valence-electron chi connectivity index (χ3n) is 9.09. The van der Waals surface area contributed by atoms with Crippen molar-refractivity contribution >= 4 is 77.7 Å². The van der Waals surface area contributed by atoms with Crippen molar-refractivity contribution in [3.8, 4) is 15.9 Å². The van der Waals surface area contributed by atoms with Gasteiger partial charge in [0.25, 0.3) is 0 Å². The molecule has 0 atom stereocenters. The van der Waals surface area contributed by atoms with Crippen molar-refractivity contribution in [1.29, 1.82) is 0 Å². The standard InChI is InChI=1S/C43H37O3PS2.Os/c1-6-17-35-25-37-40(44-4)43-38(41(45-5)42(37)48-35)26-39(49-43)36(24-31-28-46-27-30(31)7-2)29(3)47(32-18-11-8-12-19-32,33-20-13-9-14-21-33)34-22-15-10-16-23-34;/h6-26H,27-28H2,1-2,4-5H3;/q+1;/b17-6+,30-7?,31-24?,36-29?;. The Kier molecular flexibility index (Phi) is 10.5. The van der Waals surface area contributed by atoms with Crippen molar-refractivity contribution in [2.75, 3.05) is 27.4 Å². The van der Waals surface area contributed by atoms with E-state index in [0.717, 1.165) is 42.1 Å². The average Bonchev–Trinajstić information content (AvgIpc) is 3.92. The normalized spacial score (nSPS) is 15.7. The third-order valence-corrected chi connectivity index (χ3v) is 16.7. The van der Waals surface area contributed by atoms with Crippen molar-refractivity contribution < 1.29 is 32.2 Å². The van der Waals surface area contributed by atoms with Crippen LogP contribution in [0.1, 0.15) is 23.6 Å². The topological polar surface area (TPSA) is 27.7 Å². The van der Waals surface area contributed by atoms with Crippen LogP contribution in [0.25, 0.3) is 31.8 Å². The minimum atomic E-state index is -2.49. The number of allylic oxidation sites excluding steroid dienone is 5. The van der Waals surface area contributed by atoms with Crippen LogP contribution in [-0.4, -0.2) is 27.4 Å². The van der Waals surface area contributed by atoms with E-state index in [4.69, 9.17) is 14.2 Å². The summed E-state index contributed by atoms with van der Waals surface area (Å²) in [6.45, 7) is 5.32. The molecule has 6 aromatic rings. The summed E-state index contributed by atoms with van der Waals surface area (Å²) in [5.41, 5.74) is 3.56. The fourth-order valence-electron chi connectivity index (χ4n) is 6.87. The third kappa shape index (κ3) is 5.99. The summed E-state index contributed by atoms with van der Waals surface area (Å²) >= 11 is 5.30. The number of fused-ring (bicyclic) bond motifs is 2. The molecule has 0 saturated carbocycles. The predicted molar refractivity (Wildman–Crippen MR) is 214 cm³/mol. The van der Waals surface area contributed by atoms with E-state index in [2.05, 4.69) is 139 Å². The van der Waals surface area contributed by atoms with Gasteiger partial charge in [-0.1, -0.05) is 0 Å². The second kappa shape index (κ2) is 15.2. The molecule has 0 radical (unpaired) electrons. The number of benzene rings is 4. The van der Waals surface area contributed by atoms with Gasteiger partial charge in [-0.05, 0) is 6.92 Å². The first-order valence-corrected chi connectivity index (χ1v) is 21.1. The Bertz CT molecular complexity index is 2190. The SMILES string of the molecule is CC=C1COCC1=CC(=C([C]#[Os])[P+](c1ccccc1)(c1ccccc1)c1ccccc1)c1cc2c(OC)c3sc(/C=C/C)cc3c(OC)c2s1. The molecule has 7 heteroatoms. The van der Waals surface area contributed by atoms with Crippen LogP contribution >= 0.6 is 29.9 Å². The molecule has 2 aromatic heterocycles. The van der Waals surface area contributed by atoms with E-state index in [1.54, 1.807) is 36.9 Å². The Balaban J connectivity index is 1.66. The summed E-state index contributed by atoms with van der Waals surface area (Å²) < 4.78 is 24.5. The van der Waals surface area contributed by atoms with Gasteiger partial charge in [0.15, 0.2) is 0 Å². The Morgan fingerprint density at radius 2 is 1.26 bits per heavy atom. The van der Waals surface area contributed by atoms with Crippen LogP contribution in [0.2, 0.25) is 0 Å². The Labute approximate surface area is 312 Å². The zero-order chi connectivity index (χ0) is 34.7. The van der Waals surface area contributed by atoms with Crippen molar-refractivity contribution in [2.24, 2.45) is 0 Å². The van der Waals surface area contributed by atoms with Crippen molar-refractivity contribution in [2.45, 2.75) is 13.8 Å². The molecule has 1 aliphatic heterocycles. The second-order valence-corrected chi connectivity index (χ2v) is 17.9. The molecule has 3 nitrogen and oxygen atoms in total. The summed E-state index contributed by atoms with van der Waals surface area (Å²) in [6, 6.07) is 37.6. The monoisotopic (exact) mass is 888 g/mol. The molecule has 3 heterocycles. The molecule has 4 aromatic carbocycles. The van der Waals surface area contributed by atoms with Gasteiger partial charge in [-0.15, -0.1) is 0 Å². The number of hydrogen-bond acceptors (Lipinski definition) is 5.